The molecule has 0 aliphatic carbocycles. The number of hydrogen-bond acceptors (Lipinski definition) is 5. The molecule has 124 valence electrons. The first-order valence-corrected chi connectivity index (χ1v) is 7.70. The van der Waals surface area contributed by atoms with Gasteiger partial charge in [-0.25, -0.2) is 5.43 Å². The van der Waals surface area contributed by atoms with Gasteiger partial charge in [-0.3, -0.25) is 14.9 Å². The Labute approximate surface area is 146 Å². The molecule has 0 unspecified atom stereocenters. The zero-order valence-electron chi connectivity index (χ0n) is 12.7. The molecule has 7 nitrogen and oxygen atoms in total. The molecular formula is C16H14BrN3O4. The first-order valence-electron chi connectivity index (χ1n) is 6.91. The van der Waals surface area contributed by atoms with Crippen molar-refractivity contribution in [3.8, 4) is 5.75 Å². The molecule has 1 amide bonds. The molecule has 8 heteroatoms. The van der Waals surface area contributed by atoms with Crippen LogP contribution in [-0.4, -0.2) is 17.0 Å². The van der Waals surface area contributed by atoms with Crippen LogP contribution < -0.4 is 10.2 Å². The normalized spacial score (nSPS) is 10.6. The monoisotopic (exact) mass is 391 g/mol. The van der Waals surface area contributed by atoms with Crippen molar-refractivity contribution in [3.63, 3.8) is 0 Å². The number of non-ortho nitro benzene ring substituents is 1. The second-order valence-electron chi connectivity index (χ2n) is 4.83. The van der Waals surface area contributed by atoms with Crippen LogP contribution in [0.25, 0.3) is 0 Å². The summed E-state index contributed by atoms with van der Waals surface area (Å²) < 4.78 is 6.42. The van der Waals surface area contributed by atoms with Gasteiger partial charge in [-0.1, -0.05) is 0 Å². The van der Waals surface area contributed by atoms with E-state index in [4.69, 9.17) is 4.74 Å². The maximum Gasteiger partial charge on any atom is 0.269 e. The minimum absolute atomic E-state index is 0.0442. The molecule has 1 N–H and O–H groups in total. The number of nitrogens with zero attached hydrogens (tertiary/aromatic N) is 2. The molecule has 0 saturated carbocycles. The highest BCUT2D eigenvalue weighted by Crippen LogP contribution is 2.26. The van der Waals surface area contributed by atoms with Gasteiger partial charge in [0.15, 0.2) is 0 Å². The number of nitro groups is 1. The van der Waals surface area contributed by atoms with Gasteiger partial charge in [-0.15, -0.1) is 0 Å². The summed E-state index contributed by atoms with van der Waals surface area (Å²) in [6.07, 6.45) is 1.52. The van der Waals surface area contributed by atoms with Crippen molar-refractivity contribution >= 4 is 33.7 Å². The Hall–Kier alpha value is -2.74. The van der Waals surface area contributed by atoms with Gasteiger partial charge in [-0.2, -0.15) is 5.10 Å². The Morgan fingerprint density at radius 2 is 2.04 bits per heavy atom. The Morgan fingerprint density at radius 3 is 2.62 bits per heavy atom. The highest BCUT2D eigenvalue weighted by molar-refractivity contribution is 9.10. The van der Waals surface area contributed by atoms with E-state index in [1.165, 1.54) is 25.3 Å². The molecule has 0 saturated heterocycles. The number of halogens is 1. The van der Waals surface area contributed by atoms with Crippen LogP contribution in [0.1, 0.15) is 18.1 Å². The van der Waals surface area contributed by atoms with Gasteiger partial charge in [0.2, 0.25) is 5.91 Å². The number of hydrogen-bond donors (Lipinski definition) is 1. The van der Waals surface area contributed by atoms with Crippen LogP contribution in [0.2, 0.25) is 0 Å². The topological polar surface area (TPSA) is 93.8 Å². The third-order valence-electron chi connectivity index (χ3n) is 2.93. The predicted octanol–water partition coefficient (Wildman–Crippen LogP) is 3.41. The SMILES string of the molecule is CC(=O)NN=Cc1ccc(OCc2ccc([N+](=O)[O-])cc2)c(Br)c1. The van der Waals surface area contributed by atoms with Crippen molar-refractivity contribution < 1.29 is 14.5 Å². The molecule has 0 aliphatic heterocycles. The van der Waals surface area contributed by atoms with Crippen molar-refractivity contribution in [3.05, 3.63) is 68.2 Å². The molecule has 2 aromatic carbocycles. The minimum Gasteiger partial charge on any atom is -0.488 e. The Balaban J connectivity index is 1.98. The number of carbonyl (C=O) groups excluding carboxylic acids is 1. The van der Waals surface area contributed by atoms with Crippen molar-refractivity contribution in [2.24, 2.45) is 5.10 Å². The lowest BCUT2D eigenvalue weighted by Crippen LogP contribution is -2.12. The first kappa shape index (κ1) is 17.6. The second kappa shape index (κ2) is 8.21. The van der Waals surface area contributed by atoms with E-state index in [0.29, 0.717) is 5.75 Å². The van der Waals surface area contributed by atoms with Crippen LogP contribution in [-0.2, 0) is 11.4 Å². The van der Waals surface area contributed by atoms with Gasteiger partial charge >= 0.3 is 0 Å². The van der Waals surface area contributed by atoms with Gasteiger partial charge in [-0.05, 0) is 57.4 Å². The molecule has 24 heavy (non-hydrogen) atoms. The van der Waals surface area contributed by atoms with Gasteiger partial charge in [0.05, 0.1) is 15.6 Å². The van der Waals surface area contributed by atoms with E-state index in [2.05, 4.69) is 26.5 Å². The average molecular weight is 392 g/mol. The number of amides is 1. The number of carbonyl (C=O) groups is 1. The molecule has 0 heterocycles. The van der Waals surface area contributed by atoms with Crippen LogP contribution >= 0.6 is 15.9 Å². The maximum absolute atomic E-state index is 10.7. The number of ether oxygens (including phenoxy) is 1. The Kier molecular flexibility index (Phi) is 6.02. The largest absolute Gasteiger partial charge is 0.488 e. The zero-order chi connectivity index (χ0) is 17.5. The highest BCUT2D eigenvalue weighted by atomic mass is 79.9. The summed E-state index contributed by atoms with van der Waals surface area (Å²) in [7, 11) is 0. The van der Waals surface area contributed by atoms with Gasteiger partial charge in [0.25, 0.3) is 5.69 Å². The fourth-order valence-corrected chi connectivity index (χ4v) is 2.30. The van der Waals surface area contributed by atoms with Crippen molar-refractivity contribution in [1.29, 1.82) is 0 Å². The van der Waals surface area contributed by atoms with E-state index < -0.39 is 4.92 Å². The molecule has 0 spiro atoms. The third kappa shape index (κ3) is 5.17. The lowest BCUT2D eigenvalue weighted by atomic mass is 10.2. The molecule has 0 radical (unpaired) electrons. The zero-order valence-corrected chi connectivity index (χ0v) is 14.3. The summed E-state index contributed by atoms with van der Waals surface area (Å²) in [5.74, 6) is 0.387. The first-order chi connectivity index (χ1) is 11.5. The summed E-state index contributed by atoms with van der Waals surface area (Å²) in [4.78, 5) is 20.9. The van der Waals surface area contributed by atoms with E-state index in [1.807, 2.05) is 0 Å². The molecule has 0 fully saturated rings. The van der Waals surface area contributed by atoms with Crippen LogP contribution in [0, 0.1) is 10.1 Å². The smallest absolute Gasteiger partial charge is 0.269 e. The summed E-state index contributed by atoms with van der Waals surface area (Å²) >= 11 is 3.41. The lowest BCUT2D eigenvalue weighted by molar-refractivity contribution is -0.384. The lowest BCUT2D eigenvalue weighted by Gasteiger charge is -2.09. The quantitative estimate of drug-likeness (QED) is 0.463. The molecule has 0 bridgehead atoms. The number of nitro benzene ring substituents is 1. The van der Waals surface area contributed by atoms with E-state index in [-0.39, 0.29) is 18.2 Å². The summed E-state index contributed by atoms with van der Waals surface area (Å²) in [5.41, 5.74) is 3.98. The maximum atomic E-state index is 10.7. The van der Waals surface area contributed by atoms with E-state index in [1.54, 1.807) is 30.3 Å². The molecule has 0 atom stereocenters. The third-order valence-corrected chi connectivity index (χ3v) is 3.55. The number of nitrogens with one attached hydrogen (secondary N) is 1. The van der Waals surface area contributed by atoms with Crippen molar-refractivity contribution in [2.75, 3.05) is 0 Å². The minimum atomic E-state index is -0.442. The van der Waals surface area contributed by atoms with Crippen LogP contribution in [0.4, 0.5) is 5.69 Å². The summed E-state index contributed by atoms with van der Waals surface area (Å²) in [5, 5.41) is 14.4. The average Bonchev–Trinajstić information content (AvgIpc) is 2.54. The molecule has 0 aliphatic rings. The fourth-order valence-electron chi connectivity index (χ4n) is 1.79. The van der Waals surface area contributed by atoms with Crippen LogP contribution in [0.5, 0.6) is 5.75 Å². The fraction of sp³-hybridized carbons (Fsp3) is 0.125. The molecule has 2 rings (SSSR count). The van der Waals surface area contributed by atoms with Crippen molar-refractivity contribution in [2.45, 2.75) is 13.5 Å². The highest BCUT2D eigenvalue weighted by Gasteiger charge is 2.06. The Bertz CT molecular complexity index is 775. The predicted molar refractivity (Wildman–Crippen MR) is 93.0 cm³/mol. The van der Waals surface area contributed by atoms with Gasteiger partial charge in [0, 0.05) is 19.1 Å². The van der Waals surface area contributed by atoms with Gasteiger partial charge in [0.1, 0.15) is 12.4 Å². The number of benzene rings is 2. The molecular weight excluding hydrogens is 378 g/mol. The van der Waals surface area contributed by atoms with E-state index in [9.17, 15) is 14.9 Å². The number of rotatable bonds is 6. The summed E-state index contributed by atoms with van der Waals surface area (Å²) in [6.45, 7) is 1.66. The van der Waals surface area contributed by atoms with Crippen molar-refractivity contribution in [1.82, 2.24) is 5.43 Å². The van der Waals surface area contributed by atoms with E-state index in [0.717, 1.165) is 15.6 Å². The van der Waals surface area contributed by atoms with Gasteiger partial charge < -0.3 is 4.74 Å². The second-order valence-corrected chi connectivity index (χ2v) is 5.68. The Morgan fingerprint density at radius 1 is 1.33 bits per heavy atom. The number of hydrazone groups is 1. The van der Waals surface area contributed by atoms with E-state index >= 15 is 0 Å². The van der Waals surface area contributed by atoms with Crippen LogP contribution in [0.15, 0.2) is 52.0 Å². The van der Waals surface area contributed by atoms with Crippen LogP contribution in [0.3, 0.4) is 0 Å². The standard InChI is InChI=1S/C16H14BrN3O4/c1-11(21)19-18-9-13-4-7-16(15(17)8-13)24-10-12-2-5-14(6-3-12)20(22)23/h2-9H,10H2,1H3,(H,19,21). The molecule has 2 aromatic rings. The summed E-state index contributed by atoms with van der Waals surface area (Å²) in [6, 6.07) is 11.5. The molecule has 0 aromatic heterocycles.